The molecule has 0 radical (unpaired) electrons. The molecule has 0 aliphatic rings. The van der Waals surface area contributed by atoms with E-state index in [0.29, 0.717) is 17.0 Å². The maximum atomic E-state index is 12.4. The van der Waals surface area contributed by atoms with Gasteiger partial charge in [-0.2, -0.15) is 0 Å². The van der Waals surface area contributed by atoms with Crippen LogP contribution >= 0.6 is 0 Å². The van der Waals surface area contributed by atoms with E-state index in [1.807, 2.05) is 13.0 Å². The third kappa shape index (κ3) is 4.20. The number of carbonyl (C=O) groups is 1. The summed E-state index contributed by atoms with van der Waals surface area (Å²) in [4.78, 5) is 11.2. The van der Waals surface area contributed by atoms with E-state index in [9.17, 15) is 13.2 Å². The first-order valence-corrected chi connectivity index (χ1v) is 8.61. The molecule has 0 aliphatic heterocycles. The lowest BCUT2D eigenvalue weighted by Gasteiger charge is -2.11. The molecule has 6 nitrogen and oxygen atoms in total. The average molecular weight is 336 g/mol. The Morgan fingerprint density at radius 1 is 1.17 bits per heavy atom. The van der Waals surface area contributed by atoms with Gasteiger partial charge in [0.15, 0.2) is 0 Å². The predicted octanol–water partition coefficient (Wildman–Crippen LogP) is 2.64. The van der Waals surface area contributed by atoms with E-state index in [1.165, 1.54) is 13.0 Å². The molecule has 124 valence electrons. The standard InChI is InChI=1S/C16H20N2O4S/c1-10-7-15(18-13(4)19)5-6-16(10)23(20,21)17-9-14-8-11(2)22-12(14)3/h5-8,17H,9H2,1-4H3,(H,18,19). The Labute approximate surface area is 135 Å². The molecule has 0 spiro atoms. The van der Waals surface area contributed by atoms with Gasteiger partial charge < -0.3 is 9.73 Å². The Balaban J connectivity index is 2.19. The Morgan fingerprint density at radius 2 is 1.87 bits per heavy atom. The van der Waals surface area contributed by atoms with E-state index >= 15 is 0 Å². The van der Waals surface area contributed by atoms with Gasteiger partial charge in [0.1, 0.15) is 11.5 Å². The van der Waals surface area contributed by atoms with Crippen LogP contribution in [-0.4, -0.2) is 14.3 Å². The summed E-state index contributed by atoms with van der Waals surface area (Å²) in [7, 11) is -3.65. The van der Waals surface area contributed by atoms with Crippen LogP contribution in [-0.2, 0) is 21.4 Å². The summed E-state index contributed by atoms with van der Waals surface area (Å²) in [5.74, 6) is 1.24. The second-order valence-corrected chi connectivity index (χ2v) is 7.16. The van der Waals surface area contributed by atoms with Crippen molar-refractivity contribution < 1.29 is 17.6 Å². The number of sulfonamides is 1. The van der Waals surface area contributed by atoms with Gasteiger partial charge in [0, 0.05) is 24.7 Å². The minimum absolute atomic E-state index is 0.165. The largest absolute Gasteiger partial charge is 0.466 e. The van der Waals surface area contributed by atoms with Crippen LogP contribution in [0.2, 0.25) is 0 Å². The molecule has 0 saturated heterocycles. The predicted molar refractivity (Wildman–Crippen MR) is 87.7 cm³/mol. The van der Waals surface area contributed by atoms with Gasteiger partial charge in [-0.1, -0.05) is 0 Å². The Kier molecular flexibility index (Phi) is 4.91. The molecule has 1 heterocycles. The van der Waals surface area contributed by atoms with Gasteiger partial charge in [-0.25, -0.2) is 13.1 Å². The van der Waals surface area contributed by atoms with Gasteiger partial charge in [-0.15, -0.1) is 0 Å². The van der Waals surface area contributed by atoms with Gasteiger partial charge in [-0.05, 0) is 50.6 Å². The van der Waals surface area contributed by atoms with E-state index in [-0.39, 0.29) is 17.3 Å². The molecule has 0 unspecified atom stereocenters. The molecule has 2 aromatic rings. The number of furan rings is 1. The quantitative estimate of drug-likeness (QED) is 0.878. The number of anilines is 1. The maximum Gasteiger partial charge on any atom is 0.241 e. The lowest BCUT2D eigenvalue weighted by molar-refractivity contribution is -0.114. The molecule has 0 saturated carbocycles. The monoisotopic (exact) mass is 336 g/mol. The zero-order valence-electron chi connectivity index (χ0n) is 13.6. The van der Waals surface area contributed by atoms with E-state index in [0.717, 1.165) is 11.3 Å². The minimum atomic E-state index is -3.65. The van der Waals surface area contributed by atoms with Gasteiger partial charge in [0.05, 0.1) is 4.90 Å². The molecular weight excluding hydrogens is 316 g/mol. The van der Waals surface area contributed by atoms with Crippen LogP contribution in [0.5, 0.6) is 0 Å². The number of hydrogen-bond acceptors (Lipinski definition) is 4. The summed E-state index contributed by atoms with van der Waals surface area (Å²) in [6.45, 7) is 6.86. The van der Waals surface area contributed by atoms with E-state index in [2.05, 4.69) is 10.0 Å². The van der Waals surface area contributed by atoms with Crippen LogP contribution in [0.3, 0.4) is 0 Å². The molecular formula is C16H20N2O4S. The highest BCUT2D eigenvalue weighted by atomic mass is 32.2. The van der Waals surface area contributed by atoms with E-state index in [1.54, 1.807) is 26.0 Å². The van der Waals surface area contributed by atoms with Crippen LogP contribution in [0.4, 0.5) is 5.69 Å². The third-order valence-corrected chi connectivity index (χ3v) is 4.94. The molecule has 0 bridgehead atoms. The smallest absolute Gasteiger partial charge is 0.241 e. The van der Waals surface area contributed by atoms with Gasteiger partial charge in [-0.3, -0.25) is 4.79 Å². The second kappa shape index (κ2) is 6.55. The molecule has 2 rings (SSSR count). The first kappa shape index (κ1) is 17.2. The zero-order chi connectivity index (χ0) is 17.2. The summed E-state index contributed by atoms with van der Waals surface area (Å²) in [6, 6.07) is 6.49. The maximum absolute atomic E-state index is 12.4. The highest BCUT2D eigenvalue weighted by molar-refractivity contribution is 7.89. The van der Waals surface area contributed by atoms with Crippen LogP contribution in [0, 0.1) is 20.8 Å². The summed E-state index contributed by atoms with van der Waals surface area (Å²) in [5.41, 5.74) is 1.93. The topological polar surface area (TPSA) is 88.4 Å². The second-order valence-electron chi connectivity index (χ2n) is 5.42. The van der Waals surface area contributed by atoms with Crippen molar-refractivity contribution in [1.82, 2.24) is 4.72 Å². The van der Waals surface area contributed by atoms with Gasteiger partial charge >= 0.3 is 0 Å². The first-order chi connectivity index (χ1) is 10.7. The highest BCUT2D eigenvalue weighted by Gasteiger charge is 2.18. The number of carbonyl (C=O) groups excluding carboxylic acids is 1. The fourth-order valence-electron chi connectivity index (χ4n) is 2.34. The number of aryl methyl sites for hydroxylation is 3. The fraction of sp³-hybridized carbons (Fsp3) is 0.312. The van der Waals surface area contributed by atoms with E-state index in [4.69, 9.17) is 4.42 Å². The molecule has 0 aliphatic carbocycles. The van der Waals surface area contributed by atoms with E-state index < -0.39 is 10.0 Å². The Hall–Kier alpha value is -2.12. The average Bonchev–Trinajstić information content (AvgIpc) is 2.74. The van der Waals surface area contributed by atoms with Crippen molar-refractivity contribution in [3.8, 4) is 0 Å². The Morgan fingerprint density at radius 3 is 2.39 bits per heavy atom. The van der Waals surface area contributed by atoms with Gasteiger partial charge in [0.25, 0.3) is 0 Å². The van der Waals surface area contributed by atoms with Crippen LogP contribution in [0.25, 0.3) is 0 Å². The van der Waals surface area contributed by atoms with Crippen LogP contribution < -0.4 is 10.0 Å². The molecule has 1 aromatic heterocycles. The molecule has 23 heavy (non-hydrogen) atoms. The highest BCUT2D eigenvalue weighted by Crippen LogP contribution is 2.20. The number of rotatable bonds is 5. The SMILES string of the molecule is CC(=O)Nc1ccc(S(=O)(=O)NCc2cc(C)oc2C)c(C)c1. The summed E-state index contributed by atoms with van der Waals surface area (Å²) >= 11 is 0. The molecule has 1 aromatic carbocycles. The van der Waals surface area contributed by atoms with Crippen molar-refractivity contribution in [2.24, 2.45) is 0 Å². The lowest BCUT2D eigenvalue weighted by atomic mass is 10.2. The normalized spacial score (nSPS) is 11.5. The number of benzene rings is 1. The van der Waals surface area contributed by atoms with Crippen molar-refractivity contribution in [2.45, 2.75) is 39.1 Å². The molecule has 2 N–H and O–H groups in total. The number of nitrogens with one attached hydrogen (secondary N) is 2. The van der Waals surface area contributed by atoms with Crippen LogP contribution in [0.1, 0.15) is 29.6 Å². The molecule has 1 amide bonds. The van der Waals surface area contributed by atoms with Crippen LogP contribution in [0.15, 0.2) is 33.6 Å². The van der Waals surface area contributed by atoms with Crippen molar-refractivity contribution in [1.29, 1.82) is 0 Å². The lowest BCUT2D eigenvalue weighted by Crippen LogP contribution is -2.24. The summed E-state index contributed by atoms with van der Waals surface area (Å²) in [5, 5.41) is 2.63. The number of hydrogen-bond donors (Lipinski definition) is 2. The zero-order valence-corrected chi connectivity index (χ0v) is 14.4. The van der Waals surface area contributed by atoms with Crippen molar-refractivity contribution in [3.63, 3.8) is 0 Å². The van der Waals surface area contributed by atoms with Crippen molar-refractivity contribution in [3.05, 3.63) is 46.9 Å². The van der Waals surface area contributed by atoms with Crippen molar-refractivity contribution >= 4 is 21.6 Å². The van der Waals surface area contributed by atoms with Gasteiger partial charge in [0.2, 0.25) is 15.9 Å². The summed E-state index contributed by atoms with van der Waals surface area (Å²) in [6.07, 6.45) is 0. The fourth-order valence-corrected chi connectivity index (χ4v) is 3.57. The molecule has 0 fully saturated rings. The summed E-state index contributed by atoms with van der Waals surface area (Å²) < 4.78 is 32.9. The molecule has 0 atom stereocenters. The third-order valence-electron chi connectivity index (χ3n) is 3.38. The number of amides is 1. The van der Waals surface area contributed by atoms with Crippen molar-refractivity contribution in [2.75, 3.05) is 5.32 Å². The molecule has 7 heteroatoms. The minimum Gasteiger partial charge on any atom is -0.466 e. The first-order valence-electron chi connectivity index (χ1n) is 7.13. The Bertz CT molecular complexity index is 838.